The minimum atomic E-state index is 0.731. The topological polar surface area (TPSA) is 56.2 Å². The maximum atomic E-state index is 5.78. The molecule has 3 rings (SSSR count). The summed E-state index contributed by atoms with van der Waals surface area (Å²) >= 11 is 0. The van der Waals surface area contributed by atoms with Gasteiger partial charge in [-0.2, -0.15) is 0 Å². The molecule has 1 aromatic carbocycles. The van der Waals surface area contributed by atoms with Crippen LogP contribution in [0, 0.1) is 6.92 Å². The van der Waals surface area contributed by atoms with Gasteiger partial charge in [0.15, 0.2) is 5.65 Å². The van der Waals surface area contributed by atoms with Gasteiger partial charge in [0, 0.05) is 18.3 Å². The van der Waals surface area contributed by atoms with Crippen LogP contribution >= 0.6 is 0 Å². The van der Waals surface area contributed by atoms with Crippen molar-refractivity contribution in [2.75, 3.05) is 5.73 Å². The normalized spacial score (nSPS) is 10.9. The average molecular weight is 238 g/mol. The smallest absolute Gasteiger partial charge is 0.161 e. The van der Waals surface area contributed by atoms with E-state index in [9.17, 15) is 0 Å². The van der Waals surface area contributed by atoms with Crippen molar-refractivity contribution in [3.8, 4) is 0 Å². The monoisotopic (exact) mass is 238 g/mol. The first kappa shape index (κ1) is 10.8. The van der Waals surface area contributed by atoms with E-state index in [2.05, 4.69) is 16.3 Å². The molecular formula is C14H14N4. The van der Waals surface area contributed by atoms with Crippen LogP contribution in [-0.4, -0.2) is 14.6 Å². The van der Waals surface area contributed by atoms with Crippen molar-refractivity contribution in [2.24, 2.45) is 0 Å². The van der Waals surface area contributed by atoms with Crippen molar-refractivity contribution in [1.82, 2.24) is 14.6 Å². The molecule has 2 heterocycles. The number of nitrogen functional groups attached to an aromatic ring is 1. The van der Waals surface area contributed by atoms with Crippen LogP contribution in [-0.2, 0) is 6.42 Å². The Morgan fingerprint density at radius 1 is 1.17 bits per heavy atom. The van der Waals surface area contributed by atoms with E-state index >= 15 is 0 Å². The first-order valence-electron chi connectivity index (χ1n) is 5.87. The molecule has 3 aromatic rings. The zero-order chi connectivity index (χ0) is 12.5. The van der Waals surface area contributed by atoms with E-state index in [0.29, 0.717) is 0 Å². The SMILES string of the molecule is Cc1ccn2c(Cc3cccc(N)c3)nnc2c1. The molecule has 4 heteroatoms. The lowest BCUT2D eigenvalue weighted by Crippen LogP contribution is -1.97. The molecule has 0 radical (unpaired) electrons. The first-order chi connectivity index (χ1) is 8.72. The van der Waals surface area contributed by atoms with E-state index in [-0.39, 0.29) is 0 Å². The van der Waals surface area contributed by atoms with Crippen molar-refractivity contribution < 1.29 is 0 Å². The molecule has 0 amide bonds. The summed E-state index contributed by atoms with van der Waals surface area (Å²) in [5, 5.41) is 8.41. The van der Waals surface area contributed by atoms with Gasteiger partial charge in [-0.1, -0.05) is 12.1 Å². The highest BCUT2D eigenvalue weighted by Crippen LogP contribution is 2.13. The Labute approximate surface area is 105 Å². The van der Waals surface area contributed by atoms with Crippen LogP contribution in [0.15, 0.2) is 42.6 Å². The van der Waals surface area contributed by atoms with E-state index in [1.165, 1.54) is 5.56 Å². The number of hydrogen-bond acceptors (Lipinski definition) is 3. The van der Waals surface area contributed by atoms with Crippen LogP contribution in [0.2, 0.25) is 0 Å². The van der Waals surface area contributed by atoms with E-state index in [4.69, 9.17) is 5.73 Å². The molecule has 2 N–H and O–H groups in total. The molecule has 0 aliphatic carbocycles. The number of pyridine rings is 1. The maximum Gasteiger partial charge on any atom is 0.161 e. The van der Waals surface area contributed by atoms with Gasteiger partial charge in [-0.15, -0.1) is 10.2 Å². The average Bonchev–Trinajstić information content (AvgIpc) is 2.72. The highest BCUT2D eigenvalue weighted by atomic mass is 15.2. The van der Waals surface area contributed by atoms with Crippen molar-refractivity contribution >= 4 is 11.3 Å². The molecule has 0 saturated heterocycles. The Kier molecular flexibility index (Phi) is 2.48. The summed E-state index contributed by atoms with van der Waals surface area (Å²) in [6.45, 7) is 2.05. The summed E-state index contributed by atoms with van der Waals surface area (Å²) < 4.78 is 2.01. The Morgan fingerprint density at radius 3 is 2.89 bits per heavy atom. The number of nitrogens with two attached hydrogens (primary N) is 1. The number of anilines is 1. The molecule has 0 aliphatic rings. The summed E-state index contributed by atoms with van der Waals surface area (Å²) in [6.07, 6.45) is 2.74. The van der Waals surface area contributed by atoms with E-state index in [1.54, 1.807) is 0 Å². The highest BCUT2D eigenvalue weighted by Gasteiger charge is 2.06. The lowest BCUT2D eigenvalue weighted by atomic mass is 10.1. The number of benzene rings is 1. The van der Waals surface area contributed by atoms with Crippen molar-refractivity contribution in [3.63, 3.8) is 0 Å². The second-order valence-corrected chi connectivity index (χ2v) is 4.47. The summed E-state index contributed by atoms with van der Waals surface area (Å²) in [4.78, 5) is 0. The Bertz CT molecular complexity index is 700. The molecular weight excluding hydrogens is 224 g/mol. The van der Waals surface area contributed by atoms with Gasteiger partial charge in [0.2, 0.25) is 0 Å². The molecule has 0 unspecified atom stereocenters. The number of hydrogen-bond donors (Lipinski definition) is 1. The van der Waals surface area contributed by atoms with Gasteiger partial charge in [0.1, 0.15) is 5.82 Å². The number of fused-ring (bicyclic) bond motifs is 1. The zero-order valence-electron chi connectivity index (χ0n) is 10.2. The number of rotatable bonds is 2. The minimum absolute atomic E-state index is 0.731. The standard InChI is InChI=1S/C14H14N4/c1-10-5-6-18-13(7-10)16-17-14(18)9-11-3-2-4-12(15)8-11/h2-8H,9,15H2,1H3. The second kappa shape index (κ2) is 4.14. The third-order valence-corrected chi connectivity index (χ3v) is 2.95. The first-order valence-corrected chi connectivity index (χ1v) is 5.87. The lowest BCUT2D eigenvalue weighted by molar-refractivity contribution is 0.934. The molecule has 0 aliphatic heterocycles. The van der Waals surface area contributed by atoms with Crippen LogP contribution in [0.3, 0.4) is 0 Å². The van der Waals surface area contributed by atoms with Gasteiger partial charge >= 0.3 is 0 Å². The van der Waals surface area contributed by atoms with Crippen molar-refractivity contribution in [3.05, 3.63) is 59.5 Å². The molecule has 18 heavy (non-hydrogen) atoms. The summed E-state index contributed by atoms with van der Waals surface area (Å²) in [6, 6.07) is 11.9. The largest absolute Gasteiger partial charge is 0.399 e. The Morgan fingerprint density at radius 2 is 2.06 bits per heavy atom. The van der Waals surface area contributed by atoms with Gasteiger partial charge < -0.3 is 5.73 Å². The molecule has 4 nitrogen and oxygen atoms in total. The number of aromatic nitrogens is 3. The van der Waals surface area contributed by atoms with Gasteiger partial charge in [0.25, 0.3) is 0 Å². The van der Waals surface area contributed by atoms with Crippen LogP contribution in [0.5, 0.6) is 0 Å². The second-order valence-electron chi connectivity index (χ2n) is 4.47. The van der Waals surface area contributed by atoms with Crippen molar-refractivity contribution in [2.45, 2.75) is 13.3 Å². The fraction of sp³-hybridized carbons (Fsp3) is 0.143. The minimum Gasteiger partial charge on any atom is -0.399 e. The van der Waals surface area contributed by atoms with Gasteiger partial charge in [-0.3, -0.25) is 4.40 Å². The maximum absolute atomic E-state index is 5.78. The number of aryl methyl sites for hydroxylation is 1. The van der Waals surface area contributed by atoms with E-state index < -0.39 is 0 Å². The highest BCUT2D eigenvalue weighted by molar-refractivity contribution is 5.43. The molecule has 2 aromatic heterocycles. The van der Waals surface area contributed by atoms with Gasteiger partial charge in [-0.05, 0) is 42.3 Å². The predicted molar refractivity (Wildman–Crippen MR) is 71.4 cm³/mol. The lowest BCUT2D eigenvalue weighted by Gasteiger charge is -2.02. The summed E-state index contributed by atoms with van der Waals surface area (Å²) in [5.41, 5.74) is 9.76. The number of nitrogens with zero attached hydrogens (tertiary/aromatic N) is 3. The fourth-order valence-corrected chi connectivity index (χ4v) is 2.05. The molecule has 90 valence electrons. The third kappa shape index (κ3) is 1.93. The van der Waals surface area contributed by atoms with Crippen LogP contribution in [0.1, 0.15) is 17.0 Å². The molecule has 0 bridgehead atoms. The fourth-order valence-electron chi connectivity index (χ4n) is 2.05. The summed E-state index contributed by atoms with van der Waals surface area (Å²) in [5.74, 6) is 0.926. The van der Waals surface area contributed by atoms with Gasteiger partial charge in [-0.25, -0.2) is 0 Å². The van der Waals surface area contributed by atoms with Crippen LogP contribution < -0.4 is 5.73 Å². The van der Waals surface area contributed by atoms with E-state index in [0.717, 1.165) is 29.1 Å². The predicted octanol–water partition coefficient (Wildman–Crippen LogP) is 2.21. The van der Waals surface area contributed by atoms with Crippen molar-refractivity contribution in [1.29, 1.82) is 0 Å². The molecule has 0 saturated carbocycles. The Hall–Kier alpha value is -2.36. The third-order valence-electron chi connectivity index (χ3n) is 2.95. The molecule has 0 spiro atoms. The van der Waals surface area contributed by atoms with Crippen LogP contribution in [0.25, 0.3) is 5.65 Å². The van der Waals surface area contributed by atoms with Crippen LogP contribution in [0.4, 0.5) is 5.69 Å². The van der Waals surface area contributed by atoms with Gasteiger partial charge in [0.05, 0.1) is 0 Å². The Balaban J connectivity index is 2.00. The zero-order valence-corrected chi connectivity index (χ0v) is 10.2. The molecule has 0 atom stereocenters. The molecule has 0 fully saturated rings. The van der Waals surface area contributed by atoms with E-state index in [1.807, 2.05) is 47.9 Å². The quantitative estimate of drug-likeness (QED) is 0.696. The summed E-state index contributed by atoms with van der Waals surface area (Å²) in [7, 11) is 0.